The van der Waals surface area contributed by atoms with E-state index in [0.29, 0.717) is 22.5 Å². The summed E-state index contributed by atoms with van der Waals surface area (Å²) in [5.41, 5.74) is 3.01. The zero-order valence-electron chi connectivity index (χ0n) is 20.1. The van der Waals surface area contributed by atoms with E-state index in [1.807, 2.05) is 30.3 Å². The van der Waals surface area contributed by atoms with Gasteiger partial charge in [0.2, 0.25) is 0 Å². The van der Waals surface area contributed by atoms with Gasteiger partial charge < -0.3 is 14.8 Å². The summed E-state index contributed by atoms with van der Waals surface area (Å²) in [6.07, 6.45) is 5.95. The number of fused-ring (bicyclic) bond motifs is 1. The Morgan fingerprint density at radius 2 is 1.74 bits per heavy atom. The predicted molar refractivity (Wildman–Crippen MR) is 130 cm³/mol. The Bertz CT molecular complexity index is 1190. The molecule has 182 valence electrons. The van der Waals surface area contributed by atoms with Crippen LogP contribution in [0.4, 0.5) is 4.39 Å². The highest BCUT2D eigenvalue weighted by Crippen LogP contribution is 2.47. The molecule has 0 spiro atoms. The topological polar surface area (TPSA) is 64.6 Å². The molecule has 1 fully saturated rings. The van der Waals surface area contributed by atoms with Crippen LogP contribution in [0.15, 0.2) is 71.6 Å². The molecule has 2 aromatic rings. The number of methoxy groups -OCH3 is 1. The molecule has 2 aliphatic carbocycles. The largest absolute Gasteiger partial charge is 0.497 e. The Morgan fingerprint density at radius 1 is 1.03 bits per heavy atom. The summed E-state index contributed by atoms with van der Waals surface area (Å²) in [6, 6.07) is 14.1. The van der Waals surface area contributed by atoms with Gasteiger partial charge in [-0.3, -0.25) is 4.79 Å². The number of benzene rings is 2. The Labute approximate surface area is 205 Å². The van der Waals surface area contributed by atoms with Crippen molar-refractivity contribution >= 4 is 11.8 Å². The minimum atomic E-state index is -0.734. The Kier molecular flexibility index (Phi) is 6.46. The number of halogens is 1. The molecule has 0 amide bonds. The molecule has 3 unspecified atom stereocenters. The van der Waals surface area contributed by atoms with E-state index >= 15 is 4.39 Å². The average molecular weight is 476 g/mol. The highest BCUT2D eigenvalue weighted by molar-refractivity contribution is 5.96. The number of hydrogen-bond acceptors (Lipinski definition) is 5. The first kappa shape index (κ1) is 23.3. The van der Waals surface area contributed by atoms with E-state index < -0.39 is 23.6 Å². The van der Waals surface area contributed by atoms with Gasteiger partial charge in [0.25, 0.3) is 0 Å². The molecule has 5 rings (SSSR count). The van der Waals surface area contributed by atoms with Crippen molar-refractivity contribution in [2.75, 3.05) is 7.11 Å². The molecule has 5 nitrogen and oxygen atoms in total. The summed E-state index contributed by atoms with van der Waals surface area (Å²) in [6.45, 7) is 1.80. The van der Waals surface area contributed by atoms with E-state index in [9.17, 15) is 9.59 Å². The number of hydrogen-bond donors (Lipinski definition) is 1. The van der Waals surface area contributed by atoms with E-state index in [-0.39, 0.29) is 24.2 Å². The van der Waals surface area contributed by atoms with E-state index in [4.69, 9.17) is 9.47 Å². The second-order valence-corrected chi connectivity index (χ2v) is 9.62. The SMILES string of the molecule is COc1ccc(C2C=C3NC(C)=C(C(=O)OC4CCCC4)C(c4ccccc4F)C3C(=O)C2)cc1. The van der Waals surface area contributed by atoms with Crippen molar-refractivity contribution in [3.05, 3.63) is 88.5 Å². The van der Waals surface area contributed by atoms with Gasteiger partial charge in [-0.1, -0.05) is 36.4 Å². The Balaban J connectivity index is 1.56. The fraction of sp³-hybridized carbons (Fsp3) is 0.379. The van der Waals surface area contributed by atoms with Crippen molar-refractivity contribution in [2.45, 2.75) is 57.0 Å². The molecule has 1 aliphatic heterocycles. The second-order valence-electron chi connectivity index (χ2n) is 9.62. The molecule has 1 saturated carbocycles. The molecular weight excluding hydrogens is 445 g/mol. The molecule has 0 radical (unpaired) electrons. The minimum Gasteiger partial charge on any atom is -0.497 e. The second kappa shape index (κ2) is 9.68. The third-order valence-corrected chi connectivity index (χ3v) is 7.44. The van der Waals surface area contributed by atoms with Gasteiger partial charge in [0.1, 0.15) is 23.5 Å². The van der Waals surface area contributed by atoms with Crippen LogP contribution in [0.2, 0.25) is 0 Å². The van der Waals surface area contributed by atoms with Crippen LogP contribution < -0.4 is 10.1 Å². The van der Waals surface area contributed by atoms with Crippen LogP contribution in [0.25, 0.3) is 0 Å². The number of carbonyl (C=O) groups is 2. The zero-order valence-corrected chi connectivity index (χ0v) is 20.1. The van der Waals surface area contributed by atoms with Gasteiger partial charge >= 0.3 is 5.97 Å². The Hall–Kier alpha value is -3.41. The maximum absolute atomic E-state index is 15.1. The lowest BCUT2D eigenvalue weighted by molar-refractivity contribution is -0.144. The van der Waals surface area contributed by atoms with E-state index in [0.717, 1.165) is 37.0 Å². The number of Topliss-reactive ketones (excluding diaryl/α,β-unsaturated/α-hetero) is 1. The summed E-state index contributed by atoms with van der Waals surface area (Å²) >= 11 is 0. The maximum Gasteiger partial charge on any atom is 0.336 e. The molecule has 6 heteroatoms. The quantitative estimate of drug-likeness (QED) is 0.576. The smallest absolute Gasteiger partial charge is 0.336 e. The van der Waals surface area contributed by atoms with Crippen LogP contribution in [0.5, 0.6) is 5.75 Å². The molecule has 0 saturated heterocycles. The number of ether oxygens (including phenoxy) is 2. The van der Waals surface area contributed by atoms with Crippen LogP contribution in [0, 0.1) is 11.7 Å². The van der Waals surface area contributed by atoms with Gasteiger partial charge in [-0.2, -0.15) is 0 Å². The fourth-order valence-electron chi connectivity index (χ4n) is 5.69. The normalized spacial score (nSPS) is 24.5. The minimum absolute atomic E-state index is 0.0252. The fourth-order valence-corrected chi connectivity index (χ4v) is 5.69. The van der Waals surface area contributed by atoms with Crippen molar-refractivity contribution in [3.8, 4) is 5.75 Å². The molecular formula is C29H30FNO4. The number of ketones is 1. The van der Waals surface area contributed by atoms with Gasteiger partial charge in [-0.05, 0) is 61.9 Å². The summed E-state index contributed by atoms with van der Waals surface area (Å²) in [5, 5.41) is 3.32. The highest BCUT2D eigenvalue weighted by atomic mass is 19.1. The van der Waals surface area contributed by atoms with Crippen LogP contribution in [0.1, 0.15) is 62.0 Å². The molecule has 3 aliphatic rings. The molecule has 35 heavy (non-hydrogen) atoms. The summed E-state index contributed by atoms with van der Waals surface area (Å²) in [7, 11) is 1.62. The first-order valence-corrected chi connectivity index (χ1v) is 12.3. The number of allylic oxidation sites excluding steroid dienone is 3. The standard InChI is InChI=1S/C29H30FNO4/c1-17-26(29(33)35-21-7-3-4-8-21)27(22-9-5-6-10-23(22)30)28-24(31-17)15-19(16-25(28)32)18-11-13-20(34-2)14-12-18/h5-6,9-15,19,21,27-28,31H,3-4,7-8,16H2,1-2H3. The summed E-state index contributed by atoms with van der Waals surface area (Å²) in [4.78, 5) is 27.0. The summed E-state index contributed by atoms with van der Waals surface area (Å²) < 4.78 is 26.2. The molecule has 0 bridgehead atoms. The van der Waals surface area contributed by atoms with Gasteiger partial charge in [0.15, 0.2) is 0 Å². The number of carbonyl (C=O) groups excluding carboxylic acids is 2. The molecule has 1 heterocycles. The third kappa shape index (κ3) is 4.49. The van der Waals surface area contributed by atoms with E-state index in [1.165, 1.54) is 6.07 Å². The van der Waals surface area contributed by atoms with Gasteiger partial charge in [0, 0.05) is 29.7 Å². The molecule has 2 aromatic carbocycles. The zero-order chi connectivity index (χ0) is 24.5. The lowest BCUT2D eigenvalue weighted by Gasteiger charge is -2.39. The van der Waals surface area contributed by atoms with Crippen LogP contribution in [0.3, 0.4) is 0 Å². The average Bonchev–Trinajstić information content (AvgIpc) is 3.36. The monoisotopic (exact) mass is 475 g/mol. The third-order valence-electron chi connectivity index (χ3n) is 7.44. The van der Waals surface area contributed by atoms with Crippen LogP contribution in [-0.4, -0.2) is 25.0 Å². The van der Waals surface area contributed by atoms with E-state index in [1.54, 1.807) is 32.2 Å². The highest BCUT2D eigenvalue weighted by Gasteiger charge is 2.46. The van der Waals surface area contributed by atoms with Crippen molar-refractivity contribution in [2.24, 2.45) is 5.92 Å². The van der Waals surface area contributed by atoms with Crippen LogP contribution in [-0.2, 0) is 14.3 Å². The lowest BCUT2D eigenvalue weighted by atomic mass is 9.68. The van der Waals surface area contributed by atoms with Gasteiger partial charge in [0.05, 0.1) is 18.6 Å². The van der Waals surface area contributed by atoms with Crippen molar-refractivity contribution < 1.29 is 23.5 Å². The van der Waals surface area contributed by atoms with Crippen molar-refractivity contribution in [3.63, 3.8) is 0 Å². The molecule has 0 aromatic heterocycles. The summed E-state index contributed by atoms with van der Waals surface area (Å²) in [5.74, 6) is -1.68. The van der Waals surface area contributed by atoms with Crippen molar-refractivity contribution in [1.82, 2.24) is 5.32 Å². The van der Waals surface area contributed by atoms with Crippen molar-refractivity contribution in [1.29, 1.82) is 0 Å². The van der Waals surface area contributed by atoms with E-state index in [2.05, 4.69) is 5.32 Å². The van der Waals surface area contributed by atoms with Gasteiger partial charge in [-0.15, -0.1) is 0 Å². The molecule has 1 N–H and O–H groups in total. The number of nitrogens with one attached hydrogen (secondary N) is 1. The Morgan fingerprint density at radius 3 is 2.43 bits per heavy atom. The predicted octanol–water partition coefficient (Wildman–Crippen LogP) is 5.54. The number of rotatable bonds is 5. The first-order valence-electron chi connectivity index (χ1n) is 12.3. The molecule has 3 atom stereocenters. The number of esters is 1. The first-order chi connectivity index (χ1) is 17.0. The lowest BCUT2D eigenvalue weighted by Crippen LogP contribution is -2.42. The maximum atomic E-state index is 15.1. The van der Waals surface area contributed by atoms with Gasteiger partial charge in [-0.25, -0.2) is 9.18 Å². The van der Waals surface area contributed by atoms with Crippen LogP contribution >= 0.6 is 0 Å².